The zero-order valence-electron chi connectivity index (χ0n) is 11.7. The minimum atomic E-state index is 0.613. The molecule has 0 aliphatic heterocycles. The van der Waals surface area contributed by atoms with Gasteiger partial charge < -0.3 is 0 Å². The van der Waals surface area contributed by atoms with Gasteiger partial charge in [0.05, 0.1) is 11.4 Å². The smallest absolute Gasteiger partial charge is 0.212 e. The first kappa shape index (κ1) is 13.6. The van der Waals surface area contributed by atoms with Gasteiger partial charge >= 0.3 is 0 Å². The van der Waals surface area contributed by atoms with Gasteiger partial charge in [0.25, 0.3) is 0 Å². The van der Waals surface area contributed by atoms with Crippen LogP contribution in [-0.2, 0) is 6.42 Å². The first-order valence-corrected chi connectivity index (χ1v) is 7.85. The van der Waals surface area contributed by atoms with Crippen LogP contribution in [-0.4, -0.2) is 14.6 Å². The summed E-state index contributed by atoms with van der Waals surface area (Å²) in [5, 5.41) is 6.55. The lowest BCUT2D eigenvalue weighted by atomic mass is 10.1. The molecular formula is C15H16ClN3S. The molecule has 2 heterocycles. The van der Waals surface area contributed by atoms with Crippen molar-refractivity contribution in [1.82, 2.24) is 14.6 Å². The monoisotopic (exact) mass is 305 g/mol. The molecule has 0 unspecified atom stereocenters. The Balaban J connectivity index is 2.03. The largest absolute Gasteiger partial charge is 0.217 e. The Morgan fingerprint density at radius 2 is 1.95 bits per heavy atom. The number of hydrogen-bond donors (Lipinski definition) is 0. The fraction of sp³-hybridized carbons (Fsp3) is 0.333. The molecule has 0 saturated carbocycles. The molecule has 20 heavy (non-hydrogen) atoms. The van der Waals surface area contributed by atoms with E-state index >= 15 is 0 Å². The minimum Gasteiger partial charge on any atom is -0.217 e. The zero-order valence-corrected chi connectivity index (χ0v) is 13.3. The summed E-state index contributed by atoms with van der Waals surface area (Å²) in [5.74, 6) is 0.613. The lowest BCUT2D eigenvalue weighted by Crippen LogP contribution is -1.96. The summed E-state index contributed by atoms with van der Waals surface area (Å²) in [6, 6.07) is 7.77. The second kappa shape index (κ2) is 5.19. The van der Waals surface area contributed by atoms with Crippen LogP contribution in [0.2, 0.25) is 5.02 Å². The molecule has 3 rings (SSSR count). The highest BCUT2D eigenvalue weighted by atomic mass is 35.5. The SMILES string of the molecule is Cc1c(-c2ccc(Cl)cc2)nc2sc(CC(C)C)nn12. The first-order valence-electron chi connectivity index (χ1n) is 6.65. The number of hydrogen-bond acceptors (Lipinski definition) is 3. The van der Waals surface area contributed by atoms with Crippen LogP contribution in [0.4, 0.5) is 0 Å². The summed E-state index contributed by atoms with van der Waals surface area (Å²) in [4.78, 5) is 5.68. The average Bonchev–Trinajstić information content (AvgIpc) is 2.90. The summed E-state index contributed by atoms with van der Waals surface area (Å²) in [5.41, 5.74) is 3.14. The molecule has 0 spiro atoms. The van der Waals surface area contributed by atoms with E-state index in [0.29, 0.717) is 5.92 Å². The number of aryl methyl sites for hydroxylation is 1. The molecule has 0 amide bonds. The molecule has 0 N–H and O–H groups in total. The van der Waals surface area contributed by atoms with Crippen LogP contribution < -0.4 is 0 Å². The van der Waals surface area contributed by atoms with Crippen LogP contribution in [0.15, 0.2) is 24.3 Å². The molecule has 0 atom stereocenters. The van der Waals surface area contributed by atoms with E-state index in [-0.39, 0.29) is 0 Å². The highest BCUT2D eigenvalue weighted by Crippen LogP contribution is 2.27. The van der Waals surface area contributed by atoms with E-state index in [1.54, 1.807) is 11.3 Å². The molecule has 0 aliphatic carbocycles. The molecular weight excluding hydrogens is 290 g/mol. The maximum Gasteiger partial charge on any atom is 0.212 e. The fourth-order valence-electron chi connectivity index (χ4n) is 2.20. The van der Waals surface area contributed by atoms with Crippen molar-refractivity contribution in [3.05, 3.63) is 40.0 Å². The van der Waals surface area contributed by atoms with Gasteiger partial charge in [-0.3, -0.25) is 0 Å². The standard InChI is InChI=1S/C15H16ClN3S/c1-9(2)8-13-18-19-10(3)14(17-15(19)20-13)11-4-6-12(16)7-5-11/h4-7,9H,8H2,1-3H3. The van der Waals surface area contributed by atoms with Crippen molar-refractivity contribution in [3.63, 3.8) is 0 Å². The molecule has 0 bridgehead atoms. The Labute approximate surface area is 127 Å². The normalized spacial score (nSPS) is 11.7. The maximum atomic E-state index is 5.93. The van der Waals surface area contributed by atoms with E-state index in [1.165, 1.54) is 0 Å². The lowest BCUT2D eigenvalue weighted by Gasteiger charge is -2.00. The van der Waals surface area contributed by atoms with E-state index < -0.39 is 0 Å². The summed E-state index contributed by atoms with van der Waals surface area (Å²) >= 11 is 7.60. The zero-order chi connectivity index (χ0) is 14.3. The molecule has 3 aromatic rings. The highest BCUT2D eigenvalue weighted by molar-refractivity contribution is 7.16. The van der Waals surface area contributed by atoms with Gasteiger partial charge in [0, 0.05) is 17.0 Å². The third-order valence-electron chi connectivity index (χ3n) is 3.17. The molecule has 0 aliphatic rings. The molecule has 0 saturated heterocycles. The summed E-state index contributed by atoms with van der Waals surface area (Å²) in [6.45, 7) is 6.47. The van der Waals surface area contributed by atoms with Crippen LogP contribution in [0.1, 0.15) is 24.5 Å². The van der Waals surface area contributed by atoms with Crippen molar-refractivity contribution >= 4 is 27.9 Å². The molecule has 5 heteroatoms. The van der Waals surface area contributed by atoms with Gasteiger partial charge in [-0.05, 0) is 25.0 Å². The van der Waals surface area contributed by atoms with Crippen molar-refractivity contribution in [3.8, 4) is 11.3 Å². The molecule has 104 valence electrons. The lowest BCUT2D eigenvalue weighted by molar-refractivity contribution is 0.636. The first-order chi connectivity index (χ1) is 9.54. The number of benzene rings is 1. The van der Waals surface area contributed by atoms with E-state index in [0.717, 1.165) is 38.4 Å². The highest BCUT2D eigenvalue weighted by Gasteiger charge is 2.15. The van der Waals surface area contributed by atoms with Crippen molar-refractivity contribution in [2.75, 3.05) is 0 Å². The molecule has 3 nitrogen and oxygen atoms in total. The predicted octanol–water partition coefficient (Wildman–Crippen LogP) is 4.62. The van der Waals surface area contributed by atoms with Crippen LogP contribution in [0.3, 0.4) is 0 Å². The van der Waals surface area contributed by atoms with E-state index in [2.05, 4.69) is 25.9 Å². The second-order valence-electron chi connectivity index (χ2n) is 5.34. The number of nitrogens with zero attached hydrogens (tertiary/aromatic N) is 3. The van der Waals surface area contributed by atoms with Crippen molar-refractivity contribution in [2.45, 2.75) is 27.2 Å². The van der Waals surface area contributed by atoms with Crippen molar-refractivity contribution in [1.29, 1.82) is 0 Å². The maximum absolute atomic E-state index is 5.93. The Morgan fingerprint density at radius 1 is 1.25 bits per heavy atom. The van der Waals surface area contributed by atoms with E-state index in [1.807, 2.05) is 28.8 Å². The molecule has 0 radical (unpaired) electrons. The van der Waals surface area contributed by atoms with Gasteiger partial charge in [-0.25, -0.2) is 9.50 Å². The number of fused-ring (bicyclic) bond motifs is 1. The average molecular weight is 306 g/mol. The summed E-state index contributed by atoms with van der Waals surface area (Å²) in [6.07, 6.45) is 1.00. The summed E-state index contributed by atoms with van der Waals surface area (Å²) in [7, 11) is 0. The van der Waals surface area contributed by atoms with Gasteiger partial charge in [-0.1, -0.05) is 48.9 Å². The van der Waals surface area contributed by atoms with Crippen molar-refractivity contribution < 1.29 is 0 Å². The second-order valence-corrected chi connectivity index (χ2v) is 6.82. The number of aromatic nitrogens is 3. The quantitative estimate of drug-likeness (QED) is 0.707. The van der Waals surface area contributed by atoms with Gasteiger partial charge in [0.1, 0.15) is 5.01 Å². The minimum absolute atomic E-state index is 0.613. The Bertz CT molecular complexity index is 740. The van der Waals surface area contributed by atoms with Crippen LogP contribution in [0.5, 0.6) is 0 Å². The topological polar surface area (TPSA) is 30.2 Å². The van der Waals surface area contributed by atoms with Gasteiger partial charge in [-0.2, -0.15) is 5.10 Å². The number of rotatable bonds is 3. The predicted molar refractivity (Wildman–Crippen MR) is 84.6 cm³/mol. The summed E-state index contributed by atoms with van der Waals surface area (Å²) < 4.78 is 1.95. The Hall–Kier alpha value is -1.39. The third-order valence-corrected chi connectivity index (χ3v) is 4.35. The Kier molecular flexibility index (Phi) is 3.52. The van der Waals surface area contributed by atoms with Gasteiger partial charge in [-0.15, -0.1) is 0 Å². The van der Waals surface area contributed by atoms with Crippen molar-refractivity contribution in [2.24, 2.45) is 5.92 Å². The fourth-order valence-corrected chi connectivity index (χ4v) is 3.48. The van der Waals surface area contributed by atoms with Gasteiger partial charge in [0.2, 0.25) is 4.96 Å². The Morgan fingerprint density at radius 3 is 2.55 bits per heavy atom. The van der Waals surface area contributed by atoms with Crippen LogP contribution >= 0.6 is 22.9 Å². The molecule has 2 aromatic heterocycles. The van der Waals surface area contributed by atoms with Crippen LogP contribution in [0, 0.1) is 12.8 Å². The van der Waals surface area contributed by atoms with E-state index in [4.69, 9.17) is 16.6 Å². The van der Waals surface area contributed by atoms with E-state index in [9.17, 15) is 0 Å². The van der Waals surface area contributed by atoms with Crippen LogP contribution in [0.25, 0.3) is 16.2 Å². The third kappa shape index (κ3) is 2.45. The van der Waals surface area contributed by atoms with Gasteiger partial charge in [0.15, 0.2) is 0 Å². The number of imidazole rings is 1. The number of halogens is 1. The molecule has 1 aromatic carbocycles. The molecule has 0 fully saturated rings.